The lowest BCUT2D eigenvalue weighted by atomic mass is 9.96. The molecule has 1 saturated heterocycles. The van der Waals surface area contributed by atoms with Crippen LogP contribution in [-0.2, 0) is 11.3 Å². The lowest BCUT2D eigenvalue weighted by Crippen LogP contribution is -2.36. The quantitative estimate of drug-likeness (QED) is 0.846. The van der Waals surface area contributed by atoms with Crippen LogP contribution in [0.1, 0.15) is 31.2 Å². The van der Waals surface area contributed by atoms with Gasteiger partial charge in [-0.3, -0.25) is 0 Å². The Morgan fingerprint density at radius 3 is 2.67 bits per heavy atom. The van der Waals surface area contributed by atoms with Crippen LogP contribution in [0.15, 0.2) is 22.7 Å². The van der Waals surface area contributed by atoms with Crippen molar-refractivity contribution in [1.29, 1.82) is 0 Å². The molecule has 1 aromatic rings. The predicted molar refractivity (Wildman–Crippen MR) is 90.8 cm³/mol. The minimum absolute atomic E-state index is 0.728. The first-order valence-corrected chi connectivity index (χ1v) is 8.81. The van der Waals surface area contributed by atoms with E-state index in [-0.39, 0.29) is 0 Å². The smallest absolute Gasteiger partial charge is 0.0491 e. The van der Waals surface area contributed by atoms with E-state index >= 15 is 0 Å². The Morgan fingerprint density at radius 1 is 1.24 bits per heavy atom. The number of halogens is 1. The first-order chi connectivity index (χ1) is 10.3. The number of nitrogens with zero attached hydrogens (tertiary/aromatic N) is 1. The van der Waals surface area contributed by atoms with Crippen molar-refractivity contribution < 1.29 is 4.74 Å². The summed E-state index contributed by atoms with van der Waals surface area (Å²) in [7, 11) is 1.81. The van der Waals surface area contributed by atoms with E-state index in [4.69, 9.17) is 4.74 Å². The maximum absolute atomic E-state index is 5.30. The van der Waals surface area contributed by atoms with Crippen molar-refractivity contribution >= 4 is 21.6 Å². The molecule has 1 heterocycles. The molecule has 0 amide bonds. The average molecular weight is 353 g/mol. The number of hydrogen-bond acceptors (Lipinski definition) is 3. The van der Waals surface area contributed by atoms with Gasteiger partial charge >= 0.3 is 0 Å². The largest absolute Gasteiger partial charge is 0.384 e. The highest BCUT2D eigenvalue weighted by molar-refractivity contribution is 9.10. The van der Waals surface area contributed by atoms with Crippen LogP contribution < -0.4 is 10.2 Å². The van der Waals surface area contributed by atoms with Crippen molar-refractivity contribution in [3.05, 3.63) is 28.2 Å². The molecule has 0 bridgehead atoms. The third-order valence-corrected chi connectivity index (χ3v) is 5.06. The molecule has 1 aromatic carbocycles. The zero-order valence-electron chi connectivity index (χ0n) is 12.8. The third-order valence-electron chi connectivity index (χ3n) is 4.56. The van der Waals surface area contributed by atoms with Crippen LogP contribution in [0.4, 0.5) is 5.69 Å². The average Bonchev–Trinajstić information content (AvgIpc) is 3.31. The molecule has 0 unspecified atom stereocenters. The molecule has 2 fully saturated rings. The van der Waals surface area contributed by atoms with Crippen LogP contribution in [0, 0.1) is 5.92 Å². The molecule has 3 nitrogen and oxygen atoms in total. The van der Waals surface area contributed by atoms with E-state index in [1.165, 1.54) is 41.4 Å². The standard InChI is InChI=1S/C17H25BrN2O/c1-21-12-13-6-8-20(9-7-13)17-10-15(18)3-2-14(17)11-19-16-4-5-16/h2-3,10,13,16,19H,4-9,11-12H2,1H3. The van der Waals surface area contributed by atoms with Gasteiger partial charge in [-0.1, -0.05) is 22.0 Å². The first-order valence-electron chi connectivity index (χ1n) is 8.02. The van der Waals surface area contributed by atoms with E-state index < -0.39 is 0 Å². The summed E-state index contributed by atoms with van der Waals surface area (Å²) in [4.78, 5) is 2.54. The van der Waals surface area contributed by atoms with E-state index in [2.05, 4.69) is 44.3 Å². The van der Waals surface area contributed by atoms with E-state index in [1.807, 2.05) is 7.11 Å². The molecular weight excluding hydrogens is 328 g/mol. The SMILES string of the molecule is COCC1CCN(c2cc(Br)ccc2CNC2CC2)CC1. The second-order valence-corrected chi connectivity index (χ2v) is 7.23. The number of methoxy groups -OCH3 is 1. The van der Waals surface area contributed by atoms with Gasteiger partial charge in [-0.15, -0.1) is 0 Å². The highest BCUT2D eigenvalue weighted by Crippen LogP contribution is 2.30. The summed E-state index contributed by atoms with van der Waals surface area (Å²) in [6, 6.07) is 7.45. The van der Waals surface area contributed by atoms with Gasteiger partial charge in [0.15, 0.2) is 0 Å². The second-order valence-electron chi connectivity index (χ2n) is 6.31. The van der Waals surface area contributed by atoms with Crippen LogP contribution in [-0.4, -0.2) is 32.8 Å². The van der Waals surface area contributed by atoms with Gasteiger partial charge in [0.25, 0.3) is 0 Å². The number of nitrogens with one attached hydrogen (secondary N) is 1. The predicted octanol–water partition coefficient (Wildman–Crippen LogP) is 3.56. The van der Waals surface area contributed by atoms with Crippen molar-refractivity contribution in [3.63, 3.8) is 0 Å². The summed E-state index contributed by atoms with van der Waals surface area (Å²) in [6.07, 6.45) is 5.15. The Balaban J connectivity index is 1.66. The minimum Gasteiger partial charge on any atom is -0.384 e. The summed E-state index contributed by atoms with van der Waals surface area (Å²) < 4.78 is 6.47. The Morgan fingerprint density at radius 2 is 2.00 bits per heavy atom. The molecule has 1 N–H and O–H groups in total. The van der Waals surface area contributed by atoms with Crippen molar-refractivity contribution in [2.45, 2.75) is 38.3 Å². The van der Waals surface area contributed by atoms with Gasteiger partial charge in [-0.25, -0.2) is 0 Å². The molecule has 0 aromatic heterocycles. The number of ether oxygens (including phenoxy) is 1. The monoisotopic (exact) mass is 352 g/mol. The highest BCUT2D eigenvalue weighted by atomic mass is 79.9. The fourth-order valence-corrected chi connectivity index (χ4v) is 3.45. The molecule has 116 valence electrons. The van der Waals surface area contributed by atoms with Crippen molar-refractivity contribution in [2.24, 2.45) is 5.92 Å². The molecule has 0 spiro atoms. The van der Waals surface area contributed by atoms with Gasteiger partial charge in [-0.2, -0.15) is 0 Å². The van der Waals surface area contributed by atoms with Crippen molar-refractivity contribution in [2.75, 3.05) is 31.7 Å². The van der Waals surface area contributed by atoms with E-state index in [0.29, 0.717) is 0 Å². The van der Waals surface area contributed by atoms with Gasteiger partial charge in [-0.05, 0) is 49.3 Å². The van der Waals surface area contributed by atoms with Crippen LogP contribution >= 0.6 is 15.9 Å². The zero-order chi connectivity index (χ0) is 14.7. The Labute approximate surface area is 136 Å². The first kappa shape index (κ1) is 15.3. The maximum Gasteiger partial charge on any atom is 0.0491 e. The van der Waals surface area contributed by atoms with E-state index in [9.17, 15) is 0 Å². The van der Waals surface area contributed by atoms with Crippen LogP contribution in [0.25, 0.3) is 0 Å². The normalized spacial score (nSPS) is 20.0. The number of hydrogen-bond donors (Lipinski definition) is 1. The molecule has 2 aliphatic rings. The fourth-order valence-electron chi connectivity index (χ4n) is 3.10. The van der Waals surface area contributed by atoms with Gasteiger partial charge in [0.2, 0.25) is 0 Å². The Kier molecular flexibility index (Phi) is 5.19. The Bertz CT molecular complexity index is 468. The van der Waals surface area contributed by atoms with Crippen LogP contribution in [0.2, 0.25) is 0 Å². The molecule has 21 heavy (non-hydrogen) atoms. The van der Waals surface area contributed by atoms with Crippen LogP contribution in [0.3, 0.4) is 0 Å². The van der Waals surface area contributed by atoms with E-state index in [0.717, 1.165) is 38.2 Å². The molecule has 1 saturated carbocycles. The number of rotatable bonds is 6. The van der Waals surface area contributed by atoms with E-state index in [1.54, 1.807) is 0 Å². The number of anilines is 1. The molecule has 1 aliphatic carbocycles. The zero-order valence-corrected chi connectivity index (χ0v) is 14.4. The second kappa shape index (κ2) is 7.12. The lowest BCUT2D eigenvalue weighted by Gasteiger charge is -2.34. The molecular formula is C17H25BrN2O. The number of piperidine rings is 1. The molecule has 0 radical (unpaired) electrons. The Hall–Kier alpha value is -0.580. The molecule has 3 rings (SSSR count). The lowest BCUT2D eigenvalue weighted by molar-refractivity contribution is 0.139. The third kappa shape index (κ3) is 4.21. The van der Waals surface area contributed by atoms with Gasteiger partial charge in [0, 0.05) is 49.6 Å². The molecule has 4 heteroatoms. The summed E-state index contributed by atoms with van der Waals surface area (Å²) in [5.74, 6) is 0.728. The summed E-state index contributed by atoms with van der Waals surface area (Å²) in [6.45, 7) is 4.18. The summed E-state index contributed by atoms with van der Waals surface area (Å²) >= 11 is 3.62. The molecule has 0 atom stereocenters. The molecule has 1 aliphatic heterocycles. The topological polar surface area (TPSA) is 24.5 Å². The highest BCUT2D eigenvalue weighted by Gasteiger charge is 2.23. The number of benzene rings is 1. The van der Waals surface area contributed by atoms with Gasteiger partial charge in [0.05, 0.1) is 0 Å². The summed E-state index contributed by atoms with van der Waals surface area (Å²) in [5, 5.41) is 3.64. The van der Waals surface area contributed by atoms with Crippen molar-refractivity contribution in [1.82, 2.24) is 5.32 Å². The van der Waals surface area contributed by atoms with Gasteiger partial charge < -0.3 is 15.0 Å². The fraction of sp³-hybridized carbons (Fsp3) is 0.647. The van der Waals surface area contributed by atoms with Crippen molar-refractivity contribution in [3.8, 4) is 0 Å². The van der Waals surface area contributed by atoms with Crippen LogP contribution in [0.5, 0.6) is 0 Å². The maximum atomic E-state index is 5.30. The summed E-state index contributed by atoms with van der Waals surface area (Å²) in [5.41, 5.74) is 2.82. The van der Waals surface area contributed by atoms with Gasteiger partial charge in [0.1, 0.15) is 0 Å². The minimum atomic E-state index is 0.728.